The molecular formula is C66H124O6. The molecule has 0 bridgehead atoms. The lowest BCUT2D eigenvalue weighted by Crippen LogP contribution is -2.30. The van der Waals surface area contributed by atoms with Crippen molar-refractivity contribution in [3.8, 4) is 0 Å². The summed E-state index contributed by atoms with van der Waals surface area (Å²) in [5.41, 5.74) is 0. The van der Waals surface area contributed by atoms with Crippen LogP contribution in [0.3, 0.4) is 0 Å². The summed E-state index contributed by atoms with van der Waals surface area (Å²) in [4.78, 5) is 38.1. The first kappa shape index (κ1) is 69.9. The van der Waals surface area contributed by atoms with Gasteiger partial charge in [0.1, 0.15) is 13.2 Å². The summed E-state index contributed by atoms with van der Waals surface area (Å²) >= 11 is 0. The minimum Gasteiger partial charge on any atom is -0.462 e. The Labute approximate surface area is 449 Å². The van der Waals surface area contributed by atoms with Gasteiger partial charge in [0.15, 0.2) is 6.10 Å². The van der Waals surface area contributed by atoms with E-state index in [2.05, 4.69) is 45.1 Å². The van der Waals surface area contributed by atoms with Crippen molar-refractivity contribution < 1.29 is 28.6 Å². The first-order valence-corrected chi connectivity index (χ1v) is 32.3. The lowest BCUT2D eigenvalue weighted by molar-refractivity contribution is -0.167. The van der Waals surface area contributed by atoms with Crippen LogP contribution in [0.4, 0.5) is 0 Å². The van der Waals surface area contributed by atoms with Crippen molar-refractivity contribution >= 4 is 17.9 Å². The summed E-state index contributed by atoms with van der Waals surface area (Å²) in [7, 11) is 0. The second-order valence-corrected chi connectivity index (χ2v) is 22.0. The summed E-state index contributed by atoms with van der Waals surface area (Å²) in [5.74, 6) is -0.843. The average Bonchev–Trinajstić information content (AvgIpc) is 3.38. The molecule has 1 atom stereocenters. The Morgan fingerprint density at radius 2 is 0.500 bits per heavy atom. The molecule has 0 saturated heterocycles. The largest absolute Gasteiger partial charge is 0.462 e. The van der Waals surface area contributed by atoms with E-state index in [-0.39, 0.29) is 31.1 Å². The molecule has 6 nitrogen and oxygen atoms in total. The molecule has 0 aliphatic heterocycles. The van der Waals surface area contributed by atoms with Crippen LogP contribution in [0.1, 0.15) is 361 Å². The van der Waals surface area contributed by atoms with E-state index in [4.69, 9.17) is 14.2 Å². The highest BCUT2D eigenvalue weighted by molar-refractivity contribution is 5.71. The Balaban J connectivity index is 4.05. The van der Waals surface area contributed by atoms with E-state index in [0.29, 0.717) is 19.3 Å². The number of esters is 3. The predicted molar refractivity (Wildman–Crippen MR) is 312 cm³/mol. The van der Waals surface area contributed by atoms with Crippen LogP contribution < -0.4 is 0 Å². The fourth-order valence-corrected chi connectivity index (χ4v) is 9.83. The molecule has 0 aliphatic carbocycles. The van der Waals surface area contributed by atoms with Crippen LogP contribution in [0.5, 0.6) is 0 Å². The third-order valence-corrected chi connectivity index (χ3v) is 14.7. The summed E-state index contributed by atoms with van der Waals surface area (Å²) < 4.78 is 16.9. The minimum atomic E-state index is -0.764. The Bertz CT molecular complexity index is 1160. The van der Waals surface area contributed by atoms with E-state index in [1.165, 1.54) is 257 Å². The highest BCUT2D eigenvalue weighted by Gasteiger charge is 2.19. The van der Waals surface area contributed by atoms with Crippen molar-refractivity contribution in [1.29, 1.82) is 0 Å². The normalized spacial score (nSPS) is 12.1. The lowest BCUT2D eigenvalue weighted by atomic mass is 10.0. The highest BCUT2D eigenvalue weighted by atomic mass is 16.6. The van der Waals surface area contributed by atoms with E-state index >= 15 is 0 Å². The van der Waals surface area contributed by atoms with E-state index in [1.807, 2.05) is 0 Å². The monoisotopic (exact) mass is 1010 g/mol. The predicted octanol–water partition coefficient (Wildman–Crippen LogP) is 21.8. The fourth-order valence-electron chi connectivity index (χ4n) is 9.83. The molecule has 1 unspecified atom stereocenters. The number of allylic oxidation sites excluding steroid dienone is 4. The van der Waals surface area contributed by atoms with Gasteiger partial charge in [-0.05, 0) is 51.4 Å². The standard InChI is InChI=1S/C66H124O6/c1-4-7-10-13-16-19-21-23-25-27-28-29-30-31-32-33-34-35-36-37-38-40-41-43-45-47-50-53-56-59-65(68)71-62-63(61-70-64(67)58-55-52-49-18-15-12-9-6-3)72-66(69)60-57-54-51-48-46-44-42-39-26-24-22-20-17-14-11-8-5-2/h21,23,27-28,63H,4-20,22,24-26,29-62H2,1-3H3/b23-21-,28-27-. The summed E-state index contributed by atoms with van der Waals surface area (Å²) in [5, 5.41) is 0. The first-order chi connectivity index (χ1) is 35.5. The zero-order chi connectivity index (χ0) is 52.2. The molecule has 0 spiro atoms. The molecule has 0 aromatic heterocycles. The van der Waals surface area contributed by atoms with Crippen molar-refractivity contribution in [2.24, 2.45) is 0 Å². The molecule has 424 valence electrons. The molecule has 6 heteroatoms. The molecule has 0 fully saturated rings. The van der Waals surface area contributed by atoms with Gasteiger partial charge in [-0.2, -0.15) is 0 Å². The van der Waals surface area contributed by atoms with Crippen LogP contribution in [-0.2, 0) is 28.6 Å². The number of rotatable bonds is 60. The molecule has 0 aromatic rings. The van der Waals surface area contributed by atoms with Gasteiger partial charge in [-0.1, -0.05) is 315 Å². The van der Waals surface area contributed by atoms with Gasteiger partial charge in [-0.25, -0.2) is 0 Å². The summed E-state index contributed by atoms with van der Waals surface area (Å²) in [6.07, 6.45) is 73.6. The van der Waals surface area contributed by atoms with Gasteiger partial charge in [0.2, 0.25) is 0 Å². The fraction of sp³-hybridized carbons (Fsp3) is 0.894. The number of hydrogen-bond acceptors (Lipinski definition) is 6. The first-order valence-electron chi connectivity index (χ1n) is 32.3. The van der Waals surface area contributed by atoms with E-state index in [9.17, 15) is 14.4 Å². The Kier molecular flexibility index (Phi) is 59.6. The third-order valence-electron chi connectivity index (χ3n) is 14.7. The van der Waals surface area contributed by atoms with Gasteiger partial charge < -0.3 is 14.2 Å². The van der Waals surface area contributed by atoms with E-state index in [1.54, 1.807) is 0 Å². The lowest BCUT2D eigenvalue weighted by Gasteiger charge is -2.18. The topological polar surface area (TPSA) is 78.9 Å². The number of ether oxygens (including phenoxy) is 3. The minimum absolute atomic E-state index is 0.0645. The maximum Gasteiger partial charge on any atom is 0.306 e. The van der Waals surface area contributed by atoms with Crippen molar-refractivity contribution in [3.05, 3.63) is 24.3 Å². The smallest absolute Gasteiger partial charge is 0.306 e. The van der Waals surface area contributed by atoms with Gasteiger partial charge in [-0.3, -0.25) is 14.4 Å². The van der Waals surface area contributed by atoms with Gasteiger partial charge in [0.05, 0.1) is 0 Å². The van der Waals surface area contributed by atoms with E-state index in [0.717, 1.165) is 64.2 Å². The Hall–Kier alpha value is -2.11. The number of carbonyl (C=O) groups excluding carboxylic acids is 3. The maximum absolute atomic E-state index is 12.8. The molecule has 0 heterocycles. The van der Waals surface area contributed by atoms with Crippen LogP contribution in [0.15, 0.2) is 24.3 Å². The Morgan fingerprint density at radius 3 is 0.764 bits per heavy atom. The SMILES string of the molecule is CCCCCCC/C=C\C/C=C\CCCCCCCCCCCCCCCCCCCC(=O)OCC(COC(=O)CCCCCCCCCC)OC(=O)CCCCCCCCCCCCCCCCCCC. The molecule has 0 radical (unpaired) electrons. The second kappa shape index (κ2) is 61.4. The molecule has 0 saturated carbocycles. The van der Waals surface area contributed by atoms with Crippen molar-refractivity contribution in [2.75, 3.05) is 13.2 Å². The number of unbranched alkanes of at least 4 members (excludes halogenated alkanes) is 45. The van der Waals surface area contributed by atoms with Gasteiger partial charge >= 0.3 is 17.9 Å². The quantitative estimate of drug-likeness (QED) is 0.0261. The molecule has 0 aliphatic rings. The summed E-state index contributed by atoms with van der Waals surface area (Å²) in [6, 6.07) is 0. The van der Waals surface area contributed by atoms with Crippen molar-refractivity contribution in [2.45, 2.75) is 367 Å². The number of hydrogen-bond donors (Lipinski definition) is 0. The zero-order valence-corrected chi connectivity index (χ0v) is 48.7. The van der Waals surface area contributed by atoms with Crippen LogP contribution in [-0.4, -0.2) is 37.2 Å². The molecular weight excluding hydrogens is 889 g/mol. The number of carbonyl (C=O) groups is 3. The van der Waals surface area contributed by atoms with Crippen molar-refractivity contribution in [3.63, 3.8) is 0 Å². The highest BCUT2D eigenvalue weighted by Crippen LogP contribution is 2.18. The van der Waals surface area contributed by atoms with Crippen LogP contribution >= 0.6 is 0 Å². The average molecular weight is 1010 g/mol. The van der Waals surface area contributed by atoms with Crippen LogP contribution in [0.25, 0.3) is 0 Å². The molecule has 0 rings (SSSR count). The second-order valence-electron chi connectivity index (χ2n) is 22.0. The molecule has 72 heavy (non-hydrogen) atoms. The maximum atomic E-state index is 12.8. The molecule has 0 aromatic carbocycles. The summed E-state index contributed by atoms with van der Waals surface area (Å²) in [6.45, 7) is 6.66. The Morgan fingerprint density at radius 1 is 0.278 bits per heavy atom. The zero-order valence-electron chi connectivity index (χ0n) is 48.7. The van der Waals surface area contributed by atoms with Crippen molar-refractivity contribution in [1.82, 2.24) is 0 Å². The molecule has 0 N–H and O–H groups in total. The molecule has 0 amide bonds. The third kappa shape index (κ3) is 58.8. The van der Waals surface area contributed by atoms with Gasteiger partial charge in [-0.15, -0.1) is 0 Å². The van der Waals surface area contributed by atoms with Crippen LogP contribution in [0.2, 0.25) is 0 Å². The van der Waals surface area contributed by atoms with E-state index < -0.39 is 6.10 Å². The van der Waals surface area contributed by atoms with Gasteiger partial charge in [0, 0.05) is 19.3 Å². The van der Waals surface area contributed by atoms with Gasteiger partial charge in [0.25, 0.3) is 0 Å². The van der Waals surface area contributed by atoms with Crippen LogP contribution in [0, 0.1) is 0 Å².